The fourth-order valence-corrected chi connectivity index (χ4v) is 5.82. The van der Waals surface area contributed by atoms with Crippen LogP contribution in [0, 0.1) is 6.42 Å². The minimum Gasteiger partial charge on any atom is -0.0654 e. The molecule has 0 atom stereocenters. The Balaban J connectivity index is 3.00. The van der Waals surface area contributed by atoms with Gasteiger partial charge in [0.05, 0.1) is 0 Å². The molecular weight excluding hydrogens is 444 g/mol. The van der Waals surface area contributed by atoms with Crippen LogP contribution < -0.4 is 0 Å². The molecule has 0 unspecified atom stereocenters. The van der Waals surface area contributed by atoms with Gasteiger partial charge in [-0.25, -0.2) is 0 Å². The van der Waals surface area contributed by atoms with Crippen molar-refractivity contribution in [3.05, 3.63) is 6.42 Å². The Morgan fingerprint density at radius 2 is 0.378 bits per heavy atom. The number of unbranched alkanes of at least 4 members (excludes halogenated alkanes) is 34. The SMILES string of the molecule is CCCCCCC[CH]CCCCCCCCCCCCCCCCCCCCCCCCCCCCC. The van der Waals surface area contributed by atoms with Gasteiger partial charge in [0.15, 0.2) is 0 Å². The highest BCUT2D eigenvalue weighted by Crippen LogP contribution is 2.17. The van der Waals surface area contributed by atoms with Crippen LogP contribution in [0.15, 0.2) is 0 Å². The van der Waals surface area contributed by atoms with Gasteiger partial charge in [-0.2, -0.15) is 0 Å². The molecule has 0 aromatic carbocycles. The molecule has 0 fully saturated rings. The third-order valence-electron chi connectivity index (χ3n) is 8.52. The van der Waals surface area contributed by atoms with Gasteiger partial charge in [-0.3, -0.25) is 0 Å². The predicted molar refractivity (Wildman–Crippen MR) is 173 cm³/mol. The van der Waals surface area contributed by atoms with Crippen molar-refractivity contribution >= 4 is 0 Å². The maximum absolute atomic E-state index is 2.56. The van der Waals surface area contributed by atoms with Crippen LogP contribution in [0.2, 0.25) is 0 Å². The molecule has 0 rings (SSSR count). The van der Waals surface area contributed by atoms with E-state index < -0.39 is 0 Å². The monoisotopic (exact) mass is 520 g/mol. The Morgan fingerprint density at radius 1 is 0.216 bits per heavy atom. The second-order valence-corrected chi connectivity index (χ2v) is 12.5. The van der Waals surface area contributed by atoms with E-state index in [2.05, 4.69) is 20.3 Å². The summed E-state index contributed by atoms with van der Waals surface area (Å²) in [5.41, 5.74) is 0. The molecular formula is C37H75. The van der Waals surface area contributed by atoms with Crippen LogP contribution >= 0.6 is 0 Å². The second kappa shape index (κ2) is 36.0. The van der Waals surface area contributed by atoms with Crippen molar-refractivity contribution in [2.75, 3.05) is 0 Å². The van der Waals surface area contributed by atoms with Crippen LogP contribution in [0.1, 0.15) is 232 Å². The lowest BCUT2D eigenvalue weighted by Gasteiger charge is -2.05. The molecule has 0 amide bonds. The van der Waals surface area contributed by atoms with E-state index in [4.69, 9.17) is 0 Å². The van der Waals surface area contributed by atoms with E-state index >= 15 is 0 Å². The molecule has 0 spiro atoms. The minimum absolute atomic E-state index is 1.36. The Kier molecular flexibility index (Phi) is 36.0. The van der Waals surface area contributed by atoms with Crippen molar-refractivity contribution < 1.29 is 0 Å². The Labute approximate surface area is 238 Å². The normalized spacial score (nSPS) is 11.5. The van der Waals surface area contributed by atoms with Gasteiger partial charge in [0.2, 0.25) is 0 Å². The Morgan fingerprint density at radius 3 is 0.568 bits per heavy atom. The summed E-state index contributed by atoms with van der Waals surface area (Å²) < 4.78 is 0. The van der Waals surface area contributed by atoms with Crippen LogP contribution in [0.4, 0.5) is 0 Å². The average Bonchev–Trinajstić information content (AvgIpc) is 2.91. The van der Waals surface area contributed by atoms with Crippen LogP contribution in [0.25, 0.3) is 0 Å². The molecule has 223 valence electrons. The lowest BCUT2D eigenvalue weighted by Crippen LogP contribution is -1.85. The summed E-state index contributed by atoms with van der Waals surface area (Å²) in [5, 5.41) is 0. The Hall–Kier alpha value is 0. The predicted octanol–water partition coefficient (Wildman–Crippen LogP) is 14.5. The maximum Gasteiger partial charge on any atom is -0.0386 e. The van der Waals surface area contributed by atoms with Gasteiger partial charge in [-0.05, 0) is 6.42 Å². The quantitative estimate of drug-likeness (QED) is 0.0741. The first kappa shape index (κ1) is 37.0. The molecule has 1 radical (unpaired) electrons. The largest absolute Gasteiger partial charge is 0.0654 e. The van der Waals surface area contributed by atoms with Gasteiger partial charge in [0.25, 0.3) is 0 Å². The first-order chi connectivity index (χ1) is 18.4. The van der Waals surface area contributed by atoms with Crippen LogP contribution in [0.3, 0.4) is 0 Å². The summed E-state index contributed by atoms with van der Waals surface area (Å²) in [6.07, 6.45) is 52.4. The molecule has 0 nitrogen and oxygen atoms in total. The maximum atomic E-state index is 2.56. The standard InChI is InChI=1S/C37H75/c1-3-5-7-9-11-13-15-17-19-21-23-25-27-29-31-33-35-37-36-34-32-30-28-26-24-22-20-18-16-14-12-10-8-6-4-2/h15H,3-14,16-37H2,1-2H3. The number of hydrogen-bond donors (Lipinski definition) is 0. The highest BCUT2D eigenvalue weighted by Gasteiger charge is 1.97. The summed E-state index contributed by atoms with van der Waals surface area (Å²) in [4.78, 5) is 0. The Bertz CT molecular complexity index is 325. The van der Waals surface area contributed by atoms with Crippen LogP contribution in [0.5, 0.6) is 0 Å². The summed E-state index contributed by atoms with van der Waals surface area (Å²) in [7, 11) is 0. The first-order valence-electron chi connectivity index (χ1n) is 18.2. The molecule has 0 aliphatic carbocycles. The lowest BCUT2D eigenvalue weighted by molar-refractivity contribution is 0.514. The van der Waals surface area contributed by atoms with Gasteiger partial charge < -0.3 is 0 Å². The summed E-state index contributed by atoms with van der Waals surface area (Å²) in [6, 6.07) is 0. The van der Waals surface area contributed by atoms with Crippen LogP contribution in [-0.2, 0) is 0 Å². The summed E-state index contributed by atoms with van der Waals surface area (Å²) in [6.45, 7) is 4.61. The highest BCUT2D eigenvalue weighted by atomic mass is 14.0. The van der Waals surface area contributed by atoms with Gasteiger partial charge in [-0.15, -0.1) is 0 Å². The summed E-state index contributed by atoms with van der Waals surface area (Å²) in [5.74, 6) is 0. The van der Waals surface area contributed by atoms with Crippen molar-refractivity contribution in [1.29, 1.82) is 0 Å². The van der Waals surface area contributed by atoms with E-state index in [9.17, 15) is 0 Å². The number of hydrogen-bond acceptors (Lipinski definition) is 0. The smallest absolute Gasteiger partial charge is 0.0386 e. The molecule has 0 aliphatic rings. The zero-order chi connectivity index (χ0) is 26.7. The van der Waals surface area contributed by atoms with Crippen LogP contribution in [-0.4, -0.2) is 0 Å². The highest BCUT2D eigenvalue weighted by molar-refractivity contribution is 4.64. The van der Waals surface area contributed by atoms with Crippen molar-refractivity contribution in [1.82, 2.24) is 0 Å². The third kappa shape index (κ3) is 36.0. The molecule has 0 aliphatic heterocycles. The molecule has 0 bridgehead atoms. The van der Waals surface area contributed by atoms with E-state index in [0.717, 1.165) is 0 Å². The molecule has 0 saturated heterocycles. The molecule has 0 aromatic heterocycles. The van der Waals surface area contributed by atoms with E-state index in [-0.39, 0.29) is 0 Å². The van der Waals surface area contributed by atoms with Crippen molar-refractivity contribution in [3.8, 4) is 0 Å². The molecule has 0 heterocycles. The number of rotatable bonds is 34. The first-order valence-corrected chi connectivity index (χ1v) is 18.2. The lowest BCUT2D eigenvalue weighted by atomic mass is 10.0. The van der Waals surface area contributed by atoms with E-state index in [0.29, 0.717) is 0 Å². The van der Waals surface area contributed by atoms with Gasteiger partial charge in [-0.1, -0.05) is 232 Å². The zero-order valence-electron chi connectivity index (χ0n) is 26.6. The molecule has 0 N–H and O–H groups in total. The van der Waals surface area contributed by atoms with Crippen molar-refractivity contribution in [3.63, 3.8) is 0 Å². The van der Waals surface area contributed by atoms with E-state index in [1.165, 1.54) is 218 Å². The topological polar surface area (TPSA) is 0 Å². The molecule has 0 aromatic rings. The van der Waals surface area contributed by atoms with E-state index in [1.54, 1.807) is 0 Å². The third-order valence-corrected chi connectivity index (χ3v) is 8.52. The second-order valence-electron chi connectivity index (χ2n) is 12.5. The fourth-order valence-electron chi connectivity index (χ4n) is 5.82. The van der Waals surface area contributed by atoms with E-state index in [1.807, 2.05) is 0 Å². The fraction of sp³-hybridized carbons (Fsp3) is 0.973. The summed E-state index contributed by atoms with van der Waals surface area (Å²) >= 11 is 0. The molecule has 0 heteroatoms. The molecule has 37 heavy (non-hydrogen) atoms. The van der Waals surface area contributed by atoms with Crippen molar-refractivity contribution in [2.24, 2.45) is 0 Å². The molecule has 0 saturated carbocycles. The van der Waals surface area contributed by atoms with Crippen molar-refractivity contribution in [2.45, 2.75) is 232 Å². The average molecular weight is 520 g/mol. The van der Waals surface area contributed by atoms with Gasteiger partial charge in [0.1, 0.15) is 0 Å². The zero-order valence-corrected chi connectivity index (χ0v) is 26.6. The van der Waals surface area contributed by atoms with Gasteiger partial charge >= 0.3 is 0 Å². The van der Waals surface area contributed by atoms with Gasteiger partial charge in [0, 0.05) is 0 Å². The minimum atomic E-state index is 1.36.